The number of nitro groups is 1. The molecule has 2 aliphatic rings. The first kappa shape index (κ1) is 11.2. The first-order chi connectivity index (χ1) is 8.59. The number of nitrogens with zero attached hydrogens (tertiary/aromatic N) is 2. The first-order valence-corrected chi connectivity index (χ1v) is 6.06. The van der Waals surface area contributed by atoms with Crippen LogP contribution in [0.3, 0.4) is 0 Å². The van der Waals surface area contributed by atoms with E-state index in [2.05, 4.69) is 0 Å². The Morgan fingerprint density at radius 2 is 2.06 bits per heavy atom. The molecule has 3 rings (SSSR count). The van der Waals surface area contributed by atoms with Gasteiger partial charge in [0.25, 0.3) is 0 Å². The summed E-state index contributed by atoms with van der Waals surface area (Å²) in [6, 6.07) is 6.72. The zero-order valence-electron chi connectivity index (χ0n) is 10.1. The predicted octanol–water partition coefficient (Wildman–Crippen LogP) is 1.60. The molecule has 3 unspecified atom stereocenters. The fraction of sp³-hybridized carbons (Fsp3) is 0.462. The van der Waals surface area contributed by atoms with E-state index in [1.54, 1.807) is 0 Å². The van der Waals surface area contributed by atoms with Crippen LogP contribution in [0.25, 0.3) is 0 Å². The third-order valence-electron chi connectivity index (χ3n) is 4.15. The minimum absolute atomic E-state index is 0.129. The van der Waals surface area contributed by atoms with Crippen LogP contribution >= 0.6 is 0 Å². The number of fused-ring (bicyclic) bond motifs is 4. The lowest BCUT2D eigenvalue weighted by molar-refractivity contribution is -0.531. The summed E-state index contributed by atoms with van der Waals surface area (Å²) in [5.41, 5.74) is 1.96. The van der Waals surface area contributed by atoms with Gasteiger partial charge in [0, 0.05) is 30.5 Å². The summed E-state index contributed by atoms with van der Waals surface area (Å²) in [5.74, 6) is -0.136. The van der Waals surface area contributed by atoms with Crippen molar-refractivity contribution in [1.29, 1.82) is 0 Å². The van der Waals surface area contributed by atoms with Crippen molar-refractivity contribution in [3.8, 4) is 0 Å². The number of hydrogen-bond acceptors (Lipinski definition) is 4. The second-order valence-electron chi connectivity index (χ2n) is 5.07. The van der Waals surface area contributed by atoms with Crippen LogP contribution in [0.4, 0.5) is 5.69 Å². The molecule has 1 aliphatic carbocycles. The van der Waals surface area contributed by atoms with Crippen molar-refractivity contribution in [2.24, 2.45) is 0 Å². The third-order valence-corrected chi connectivity index (χ3v) is 4.15. The molecule has 1 aliphatic heterocycles. The molecule has 1 aromatic rings. The Labute approximate surface area is 105 Å². The summed E-state index contributed by atoms with van der Waals surface area (Å²) in [5, 5.41) is 11.3. The van der Waals surface area contributed by atoms with Gasteiger partial charge >= 0.3 is 0 Å². The molecular weight excluding hydrogens is 232 g/mol. The molecule has 2 bridgehead atoms. The van der Waals surface area contributed by atoms with E-state index in [0.29, 0.717) is 6.42 Å². The highest BCUT2D eigenvalue weighted by atomic mass is 16.6. The number of rotatable bonds is 1. The zero-order chi connectivity index (χ0) is 12.9. The number of benzene rings is 1. The molecule has 3 atom stereocenters. The van der Waals surface area contributed by atoms with Crippen LogP contribution in [0.1, 0.15) is 24.3 Å². The van der Waals surface area contributed by atoms with Crippen molar-refractivity contribution < 1.29 is 9.72 Å². The third kappa shape index (κ3) is 1.43. The highest BCUT2D eigenvalue weighted by Crippen LogP contribution is 2.44. The van der Waals surface area contributed by atoms with E-state index in [1.165, 1.54) is 0 Å². The quantitative estimate of drug-likeness (QED) is 0.557. The van der Waals surface area contributed by atoms with Crippen LogP contribution in [0, 0.1) is 10.1 Å². The molecule has 0 N–H and O–H groups in total. The van der Waals surface area contributed by atoms with Crippen molar-refractivity contribution >= 4 is 11.5 Å². The van der Waals surface area contributed by atoms with Crippen molar-refractivity contribution in [3.63, 3.8) is 0 Å². The van der Waals surface area contributed by atoms with Gasteiger partial charge in [0.15, 0.2) is 0 Å². The lowest BCUT2D eigenvalue weighted by atomic mass is 9.72. The number of likely N-dealkylation sites (N-methyl/N-ethyl adjacent to an activating group) is 1. The standard InChI is InChI=1S/C13H14N2O3/c1-14-11-5-3-2-4-9(11)10-6-8(16)7-12(14)13(10)15(17)18/h2-5,10,12-13H,6-7H2,1H3. The van der Waals surface area contributed by atoms with Gasteiger partial charge in [0.2, 0.25) is 6.04 Å². The molecule has 0 saturated heterocycles. The Hall–Kier alpha value is -1.91. The topological polar surface area (TPSA) is 63.5 Å². The Kier molecular flexibility index (Phi) is 2.36. The minimum Gasteiger partial charge on any atom is -0.364 e. The average Bonchev–Trinajstić information content (AvgIpc) is 2.35. The van der Waals surface area contributed by atoms with Gasteiger partial charge in [-0.05, 0) is 11.6 Å². The van der Waals surface area contributed by atoms with Crippen LogP contribution in [0.5, 0.6) is 0 Å². The molecule has 0 radical (unpaired) electrons. The summed E-state index contributed by atoms with van der Waals surface area (Å²) in [6.45, 7) is 0. The van der Waals surface area contributed by atoms with Crippen LogP contribution in [-0.2, 0) is 4.79 Å². The molecule has 1 heterocycles. The molecule has 0 aromatic heterocycles. The number of hydrogen-bond donors (Lipinski definition) is 0. The number of anilines is 1. The van der Waals surface area contributed by atoms with Gasteiger partial charge in [-0.15, -0.1) is 0 Å². The van der Waals surface area contributed by atoms with Crippen molar-refractivity contribution in [2.75, 3.05) is 11.9 Å². The normalized spacial score (nSPS) is 29.9. The largest absolute Gasteiger partial charge is 0.364 e. The number of Topliss-reactive ketones (excluding diaryl/α,β-unsaturated/α-hetero) is 1. The fourth-order valence-corrected chi connectivity index (χ4v) is 3.32. The number of ketones is 1. The Morgan fingerprint density at radius 3 is 2.78 bits per heavy atom. The average molecular weight is 246 g/mol. The number of para-hydroxylation sites is 1. The van der Waals surface area contributed by atoms with Gasteiger partial charge in [-0.3, -0.25) is 14.9 Å². The zero-order valence-corrected chi connectivity index (χ0v) is 10.1. The summed E-state index contributed by atoms with van der Waals surface area (Å²) in [6.07, 6.45) is 0.583. The summed E-state index contributed by atoms with van der Waals surface area (Å²) in [4.78, 5) is 24.7. The maximum Gasteiger partial charge on any atom is 0.240 e. The lowest BCUT2D eigenvalue weighted by Crippen LogP contribution is -2.56. The smallest absolute Gasteiger partial charge is 0.240 e. The molecule has 94 valence electrons. The van der Waals surface area contributed by atoms with E-state index in [1.807, 2.05) is 36.2 Å². The van der Waals surface area contributed by atoms with Gasteiger partial charge < -0.3 is 4.90 Å². The molecule has 0 spiro atoms. The molecule has 1 fully saturated rings. The lowest BCUT2D eigenvalue weighted by Gasteiger charge is -2.44. The molecule has 5 nitrogen and oxygen atoms in total. The van der Waals surface area contributed by atoms with Crippen LogP contribution in [0.2, 0.25) is 0 Å². The van der Waals surface area contributed by atoms with Gasteiger partial charge in [-0.25, -0.2) is 0 Å². The van der Waals surface area contributed by atoms with Gasteiger partial charge in [0.1, 0.15) is 11.8 Å². The van der Waals surface area contributed by atoms with E-state index in [-0.39, 0.29) is 29.1 Å². The molecule has 1 aromatic carbocycles. The molecular formula is C13H14N2O3. The van der Waals surface area contributed by atoms with E-state index in [4.69, 9.17) is 0 Å². The fourth-order valence-electron chi connectivity index (χ4n) is 3.32. The molecule has 0 amide bonds. The minimum atomic E-state index is -0.664. The Balaban J connectivity index is 2.16. The van der Waals surface area contributed by atoms with Gasteiger partial charge in [0.05, 0.1) is 5.92 Å². The maximum absolute atomic E-state index is 11.8. The van der Waals surface area contributed by atoms with Crippen molar-refractivity contribution in [2.45, 2.75) is 30.8 Å². The Morgan fingerprint density at radius 1 is 1.33 bits per heavy atom. The van der Waals surface area contributed by atoms with Crippen molar-refractivity contribution in [3.05, 3.63) is 39.9 Å². The predicted molar refractivity (Wildman–Crippen MR) is 66.4 cm³/mol. The van der Waals surface area contributed by atoms with E-state index in [0.717, 1.165) is 11.3 Å². The van der Waals surface area contributed by atoms with Crippen LogP contribution < -0.4 is 4.90 Å². The van der Waals surface area contributed by atoms with E-state index < -0.39 is 6.04 Å². The molecule has 5 heteroatoms. The highest BCUT2D eigenvalue weighted by molar-refractivity contribution is 5.83. The maximum atomic E-state index is 11.8. The SMILES string of the molecule is CN1c2ccccc2C2CC(=O)CC1C2[N+](=O)[O-]. The van der Waals surface area contributed by atoms with Crippen molar-refractivity contribution in [1.82, 2.24) is 0 Å². The summed E-state index contributed by atoms with van der Waals surface area (Å²) in [7, 11) is 1.84. The highest BCUT2D eigenvalue weighted by Gasteiger charge is 2.51. The van der Waals surface area contributed by atoms with E-state index in [9.17, 15) is 14.9 Å². The number of carbonyl (C=O) groups is 1. The second-order valence-corrected chi connectivity index (χ2v) is 5.07. The molecule has 18 heavy (non-hydrogen) atoms. The second kappa shape index (κ2) is 3.80. The van der Waals surface area contributed by atoms with Gasteiger partial charge in [-0.2, -0.15) is 0 Å². The first-order valence-electron chi connectivity index (χ1n) is 6.06. The number of carbonyl (C=O) groups excluding carboxylic acids is 1. The van der Waals surface area contributed by atoms with Crippen LogP contribution in [-0.4, -0.2) is 29.8 Å². The van der Waals surface area contributed by atoms with Gasteiger partial charge in [-0.1, -0.05) is 18.2 Å². The summed E-state index contributed by atoms with van der Waals surface area (Å²) < 4.78 is 0. The Bertz CT molecular complexity index is 529. The summed E-state index contributed by atoms with van der Waals surface area (Å²) >= 11 is 0. The van der Waals surface area contributed by atoms with E-state index >= 15 is 0 Å². The molecule has 1 saturated carbocycles. The monoisotopic (exact) mass is 246 g/mol. The van der Waals surface area contributed by atoms with Crippen LogP contribution in [0.15, 0.2) is 24.3 Å².